The minimum atomic E-state index is -0.250. The van der Waals surface area contributed by atoms with Crippen LogP contribution in [0, 0.1) is 5.41 Å². The Balaban J connectivity index is 3.54. The average molecular weight is 176 g/mol. The van der Waals surface area contributed by atoms with E-state index < -0.39 is 0 Å². The maximum atomic E-state index is 11.2. The number of rotatable bonds is 3. The van der Waals surface area contributed by atoms with Crippen molar-refractivity contribution >= 4 is 16.9 Å². The van der Waals surface area contributed by atoms with Gasteiger partial charge >= 0.3 is 0 Å². The van der Waals surface area contributed by atoms with Crippen LogP contribution in [-0.4, -0.2) is 22.6 Å². The van der Waals surface area contributed by atoms with Gasteiger partial charge < -0.3 is 5.11 Å². The number of thioether (sulfide) groups is 1. The van der Waals surface area contributed by atoms with Crippen LogP contribution in [0.25, 0.3) is 0 Å². The third-order valence-electron chi connectivity index (χ3n) is 1.15. The van der Waals surface area contributed by atoms with Crippen LogP contribution in [0.4, 0.5) is 0 Å². The molecule has 0 heterocycles. The van der Waals surface area contributed by atoms with Gasteiger partial charge in [0.1, 0.15) is 0 Å². The van der Waals surface area contributed by atoms with Crippen LogP contribution in [0.2, 0.25) is 0 Å². The summed E-state index contributed by atoms with van der Waals surface area (Å²) in [4.78, 5) is 11.2. The van der Waals surface area contributed by atoms with E-state index in [-0.39, 0.29) is 17.1 Å². The lowest BCUT2D eigenvalue weighted by atomic mass is 10.00. The second-order valence-electron chi connectivity index (χ2n) is 3.46. The second-order valence-corrected chi connectivity index (χ2v) is 4.53. The number of carbonyl (C=O) groups excluding carboxylic acids is 1. The third kappa shape index (κ3) is 5.27. The fourth-order valence-electron chi connectivity index (χ4n) is 0.446. The van der Waals surface area contributed by atoms with Gasteiger partial charge in [0.15, 0.2) is 5.12 Å². The molecule has 0 saturated heterocycles. The Morgan fingerprint density at radius 3 is 2.36 bits per heavy atom. The molecule has 0 fully saturated rings. The Hall–Kier alpha value is -0.0200. The highest BCUT2D eigenvalue weighted by Crippen LogP contribution is 2.22. The molecule has 0 bridgehead atoms. The van der Waals surface area contributed by atoms with Gasteiger partial charge in [0.25, 0.3) is 0 Å². The van der Waals surface area contributed by atoms with E-state index in [9.17, 15) is 4.79 Å². The van der Waals surface area contributed by atoms with Crippen LogP contribution in [-0.2, 0) is 4.79 Å². The minimum absolute atomic E-state index is 0.171. The van der Waals surface area contributed by atoms with Crippen molar-refractivity contribution in [2.24, 2.45) is 5.41 Å². The zero-order chi connectivity index (χ0) is 8.91. The van der Waals surface area contributed by atoms with Crippen molar-refractivity contribution in [3.8, 4) is 0 Å². The zero-order valence-electron chi connectivity index (χ0n) is 7.39. The first-order chi connectivity index (χ1) is 4.98. The van der Waals surface area contributed by atoms with Gasteiger partial charge in [-0.1, -0.05) is 32.5 Å². The molecule has 0 aromatic heterocycles. The molecule has 0 atom stereocenters. The molecule has 3 heteroatoms. The van der Waals surface area contributed by atoms with E-state index in [0.29, 0.717) is 6.42 Å². The van der Waals surface area contributed by atoms with Gasteiger partial charge in [-0.3, -0.25) is 4.79 Å². The van der Waals surface area contributed by atoms with Gasteiger partial charge in [-0.05, 0) is 6.42 Å². The molecule has 0 rings (SSSR count). The van der Waals surface area contributed by atoms with Crippen molar-refractivity contribution in [2.75, 3.05) is 12.4 Å². The first kappa shape index (κ1) is 11.0. The highest BCUT2D eigenvalue weighted by Gasteiger charge is 2.20. The van der Waals surface area contributed by atoms with Crippen molar-refractivity contribution in [3.63, 3.8) is 0 Å². The summed E-state index contributed by atoms with van der Waals surface area (Å²) in [5.74, 6) is 0.729. The third-order valence-corrected chi connectivity index (χ3v) is 2.52. The molecule has 11 heavy (non-hydrogen) atoms. The summed E-state index contributed by atoms with van der Waals surface area (Å²) in [5, 5.41) is 8.66. The van der Waals surface area contributed by atoms with Gasteiger partial charge in [0.2, 0.25) is 0 Å². The quantitative estimate of drug-likeness (QED) is 0.665. The Labute approximate surface area is 72.4 Å². The summed E-state index contributed by atoms with van der Waals surface area (Å²) in [6, 6.07) is 0. The molecule has 0 spiro atoms. The SMILES string of the molecule is CC(C)(C)C(=O)SCCCO. The van der Waals surface area contributed by atoms with E-state index in [0.717, 1.165) is 5.75 Å². The number of aliphatic hydroxyl groups is 1. The number of aliphatic hydroxyl groups excluding tert-OH is 1. The van der Waals surface area contributed by atoms with E-state index in [4.69, 9.17) is 5.11 Å². The smallest absolute Gasteiger partial charge is 0.194 e. The molecule has 0 radical (unpaired) electrons. The van der Waals surface area contributed by atoms with E-state index in [2.05, 4.69) is 0 Å². The predicted molar refractivity (Wildman–Crippen MR) is 48.6 cm³/mol. The Kier molecular flexibility index (Phi) is 4.77. The number of hydrogen-bond donors (Lipinski definition) is 1. The Morgan fingerprint density at radius 2 is 2.00 bits per heavy atom. The van der Waals surface area contributed by atoms with Crippen LogP contribution < -0.4 is 0 Å². The molecule has 1 N–H and O–H groups in total. The summed E-state index contributed by atoms with van der Waals surface area (Å²) in [5.41, 5.74) is -0.250. The summed E-state index contributed by atoms with van der Waals surface area (Å²) < 4.78 is 0. The van der Waals surface area contributed by atoms with Crippen molar-refractivity contribution < 1.29 is 9.90 Å². The topological polar surface area (TPSA) is 37.3 Å². The molecule has 0 aromatic rings. The number of carbonyl (C=O) groups is 1. The Morgan fingerprint density at radius 1 is 1.45 bits per heavy atom. The van der Waals surface area contributed by atoms with Gasteiger partial charge in [-0.25, -0.2) is 0 Å². The maximum Gasteiger partial charge on any atom is 0.194 e. The molecule has 2 nitrogen and oxygen atoms in total. The first-order valence-electron chi connectivity index (χ1n) is 3.76. The van der Waals surface area contributed by atoms with Gasteiger partial charge in [0.05, 0.1) is 0 Å². The second kappa shape index (κ2) is 4.78. The summed E-state index contributed by atoms with van der Waals surface area (Å²) in [6.45, 7) is 5.88. The summed E-state index contributed by atoms with van der Waals surface area (Å²) in [6.07, 6.45) is 0.701. The molecule has 0 unspecified atom stereocenters. The lowest BCUT2D eigenvalue weighted by Crippen LogP contribution is -2.16. The predicted octanol–water partition coefficient (Wildman–Crippen LogP) is 1.67. The molecule has 0 aliphatic heterocycles. The highest BCUT2D eigenvalue weighted by molar-refractivity contribution is 8.13. The average Bonchev–Trinajstić information content (AvgIpc) is 1.86. The van der Waals surface area contributed by atoms with E-state index in [1.807, 2.05) is 20.8 Å². The summed E-state index contributed by atoms with van der Waals surface area (Å²) >= 11 is 1.31. The molecule has 66 valence electrons. The number of hydrogen-bond acceptors (Lipinski definition) is 3. The molecule has 0 amide bonds. The Bertz CT molecular complexity index is 127. The van der Waals surface area contributed by atoms with Crippen LogP contribution in [0.1, 0.15) is 27.2 Å². The molecular weight excluding hydrogens is 160 g/mol. The fourth-order valence-corrected chi connectivity index (χ4v) is 1.34. The van der Waals surface area contributed by atoms with Gasteiger partial charge in [-0.2, -0.15) is 0 Å². The molecule has 0 aliphatic carbocycles. The van der Waals surface area contributed by atoms with Crippen LogP contribution in [0.3, 0.4) is 0 Å². The highest BCUT2D eigenvalue weighted by atomic mass is 32.2. The van der Waals surface area contributed by atoms with Gasteiger partial charge in [-0.15, -0.1) is 0 Å². The molecule has 0 aliphatic rings. The van der Waals surface area contributed by atoms with Crippen LogP contribution >= 0.6 is 11.8 Å². The lowest BCUT2D eigenvalue weighted by Gasteiger charge is -2.14. The molecule has 0 saturated carbocycles. The van der Waals surface area contributed by atoms with E-state index in [1.54, 1.807) is 0 Å². The van der Waals surface area contributed by atoms with Crippen molar-refractivity contribution in [2.45, 2.75) is 27.2 Å². The van der Waals surface area contributed by atoms with Gasteiger partial charge in [0, 0.05) is 17.8 Å². The fraction of sp³-hybridized carbons (Fsp3) is 0.875. The minimum Gasteiger partial charge on any atom is -0.396 e. The van der Waals surface area contributed by atoms with Crippen LogP contribution in [0.15, 0.2) is 0 Å². The van der Waals surface area contributed by atoms with Crippen molar-refractivity contribution in [3.05, 3.63) is 0 Å². The monoisotopic (exact) mass is 176 g/mol. The largest absolute Gasteiger partial charge is 0.396 e. The van der Waals surface area contributed by atoms with E-state index in [1.165, 1.54) is 11.8 Å². The first-order valence-corrected chi connectivity index (χ1v) is 4.75. The van der Waals surface area contributed by atoms with Crippen molar-refractivity contribution in [1.29, 1.82) is 0 Å². The maximum absolute atomic E-state index is 11.2. The lowest BCUT2D eigenvalue weighted by molar-refractivity contribution is -0.117. The van der Waals surface area contributed by atoms with E-state index >= 15 is 0 Å². The normalized spacial score (nSPS) is 11.6. The zero-order valence-corrected chi connectivity index (χ0v) is 8.20. The van der Waals surface area contributed by atoms with Crippen LogP contribution in [0.5, 0.6) is 0 Å². The summed E-state index contributed by atoms with van der Waals surface area (Å²) in [7, 11) is 0. The molecular formula is C8H16O2S. The van der Waals surface area contributed by atoms with Crippen molar-refractivity contribution in [1.82, 2.24) is 0 Å². The molecule has 0 aromatic carbocycles. The standard InChI is InChI=1S/C8H16O2S/c1-8(2,3)7(10)11-6-4-5-9/h9H,4-6H2,1-3H3.